The third-order valence-corrected chi connectivity index (χ3v) is 3.04. The Hall–Kier alpha value is -2.35. The maximum atomic E-state index is 13.7. The van der Waals surface area contributed by atoms with Crippen molar-refractivity contribution in [2.24, 2.45) is 0 Å². The lowest BCUT2D eigenvalue weighted by atomic mass is 10.2. The van der Waals surface area contributed by atoms with Gasteiger partial charge in [0.05, 0.1) is 10.5 Å². The number of hydrogen-bond acceptors (Lipinski definition) is 6. The second-order valence-electron chi connectivity index (χ2n) is 3.55. The van der Waals surface area contributed by atoms with E-state index >= 15 is 0 Å². The van der Waals surface area contributed by atoms with Crippen LogP contribution in [0.5, 0.6) is 0 Å². The number of aromatic carboxylic acids is 1. The maximum Gasteiger partial charge on any atom is 0.335 e. The van der Waals surface area contributed by atoms with Crippen molar-refractivity contribution in [1.29, 1.82) is 0 Å². The average Bonchev–Trinajstić information content (AvgIpc) is 2.30. The third kappa shape index (κ3) is 3.10. The van der Waals surface area contributed by atoms with Gasteiger partial charge in [-0.15, -0.1) is 0 Å². The summed E-state index contributed by atoms with van der Waals surface area (Å²) < 4.78 is 13.7. The average molecular weight is 280 g/mol. The number of benzene rings is 1. The first-order valence-corrected chi connectivity index (χ1v) is 5.88. The van der Waals surface area contributed by atoms with Crippen LogP contribution in [0.1, 0.15) is 10.4 Å². The van der Waals surface area contributed by atoms with Gasteiger partial charge in [-0.1, -0.05) is 0 Å². The van der Waals surface area contributed by atoms with Crippen LogP contribution < -0.4 is 11.5 Å². The molecule has 1 heterocycles. The zero-order valence-corrected chi connectivity index (χ0v) is 10.3. The van der Waals surface area contributed by atoms with Crippen molar-refractivity contribution in [2.45, 2.75) is 10.1 Å². The summed E-state index contributed by atoms with van der Waals surface area (Å²) in [6.45, 7) is 0. The number of hydrogen-bond donors (Lipinski definition) is 3. The van der Waals surface area contributed by atoms with Crippen LogP contribution in [-0.2, 0) is 0 Å². The lowest BCUT2D eigenvalue weighted by Gasteiger charge is -2.04. The van der Waals surface area contributed by atoms with Gasteiger partial charge in [-0.25, -0.2) is 19.2 Å². The van der Waals surface area contributed by atoms with Crippen molar-refractivity contribution >= 4 is 29.4 Å². The number of halogens is 1. The predicted octanol–water partition coefficient (Wildman–Crippen LogP) is 1.63. The van der Waals surface area contributed by atoms with E-state index in [4.69, 9.17) is 16.6 Å². The van der Waals surface area contributed by atoms with E-state index in [0.29, 0.717) is 0 Å². The second-order valence-corrected chi connectivity index (χ2v) is 4.56. The quantitative estimate of drug-likeness (QED) is 0.732. The van der Waals surface area contributed by atoms with Gasteiger partial charge in [-0.2, -0.15) is 0 Å². The predicted molar refractivity (Wildman–Crippen MR) is 68.3 cm³/mol. The van der Waals surface area contributed by atoms with Crippen LogP contribution in [0, 0.1) is 5.82 Å². The fourth-order valence-electron chi connectivity index (χ4n) is 1.32. The molecule has 1 aromatic carbocycles. The standard InChI is InChI=1S/C11H9FN4O2S/c12-6-3-5(10(17)18)1-2-7(6)19-11-15-8(13)4-9(14)16-11/h1-4H,(H,17,18)(H4,13,14,15,16). The molecule has 0 unspecified atom stereocenters. The molecule has 0 saturated carbocycles. The number of anilines is 2. The van der Waals surface area contributed by atoms with E-state index in [0.717, 1.165) is 17.8 Å². The highest BCUT2D eigenvalue weighted by molar-refractivity contribution is 7.99. The summed E-state index contributed by atoms with van der Waals surface area (Å²) in [5.74, 6) is -1.51. The van der Waals surface area contributed by atoms with Crippen LogP contribution in [-0.4, -0.2) is 21.0 Å². The van der Waals surface area contributed by atoms with Gasteiger partial charge in [-0.05, 0) is 30.0 Å². The Morgan fingerprint density at radius 1 is 1.21 bits per heavy atom. The largest absolute Gasteiger partial charge is 0.478 e. The molecule has 6 nitrogen and oxygen atoms in total. The minimum atomic E-state index is -1.19. The summed E-state index contributed by atoms with van der Waals surface area (Å²) >= 11 is 0.913. The minimum Gasteiger partial charge on any atom is -0.478 e. The van der Waals surface area contributed by atoms with Gasteiger partial charge in [0.1, 0.15) is 17.5 Å². The van der Waals surface area contributed by atoms with E-state index in [1.807, 2.05) is 0 Å². The molecule has 19 heavy (non-hydrogen) atoms. The molecule has 2 rings (SSSR count). The molecule has 2 aromatic rings. The monoisotopic (exact) mass is 280 g/mol. The highest BCUT2D eigenvalue weighted by Gasteiger charge is 2.11. The van der Waals surface area contributed by atoms with Crippen LogP contribution in [0.15, 0.2) is 34.3 Å². The molecule has 8 heteroatoms. The Labute approximate surface area is 111 Å². The Morgan fingerprint density at radius 2 is 1.84 bits per heavy atom. The lowest BCUT2D eigenvalue weighted by Crippen LogP contribution is -2.00. The number of nitrogens with two attached hydrogens (primary N) is 2. The van der Waals surface area contributed by atoms with Crippen LogP contribution in [0.4, 0.5) is 16.0 Å². The third-order valence-electron chi connectivity index (χ3n) is 2.13. The van der Waals surface area contributed by atoms with Crippen LogP contribution in [0.3, 0.4) is 0 Å². The molecule has 0 aliphatic heterocycles. The topological polar surface area (TPSA) is 115 Å². The fourth-order valence-corrected chi connectivity index (χ4v) is 2.11. The smallest absolute Gasteiger partial charge is 0.335 e. The molecule has 98 valence electrons. The van der Waals surface area contributed by atoms with Gasteiger partial charge in [0.25, 0.3) is 0 Å². The summed E-state index contributed by atoms with van der Waals surface area (Å²) in [5.41, 5.74) is 10.9. The second kappa shape index (κ2) is 5.11. The highest BCUT2D eigenvalue weighted by atomic mass is 32.2. The van der Waals surface area contributed by atoms with E-state index in [2.05, 4.69) is 9.97 Å². The van der Waals surface area contributed by atoms with Crippen molar-refractivity contribution in [1.82, 2.24) is 9.97 Å². The zero-order chi connectivity index (χ0) is 14.0. The number of carboxylic acid groups (broad SMARTS) is 1. The van der Waals surface area contributed by atoms with E-state index in [9.17, 15) is 9.18 Å². The first kappa shape index (κ1) is 13.1. The number of carboxylic acids is 1. The Kier molecular flexibility index (Phi) is 3.52. The highest BCUT2D eigenvalue weighted by Crippen LogP contribution is 2.28. The lowest BCUT2D eigenvalue weighted by molar-refractivity contribution is 0.0696. The zero-order valence-electron chi connectivity index (χ0n) is 9.50. The summed E-state index contributed by atoms with van der Waals surface area (Å²) in [6.07, 6.45) is 0. The molecule has 0 aliphatic carbocycles. The molecular weight excluding hydrogens is 271 g/mol. The molecule has 5 N–H and O–H groups in total. The molecule has 0 spiro atoms. The summed E-state index contributed by atoms with van der Waals surface area (Å²) in [4.78, 5) is 18.7. The Bertz CT molecular complexity index is 630. The number of rotatable bonds is 3. The van der Waals surface area contributed by atoms with Crippen molar-refractivity contribution in [3.8, 4) is 0 Å². The molecule has 0 radical (unpaired) electrons. The summed E-state index contributed by atoms with van der Waals surface area (Å²) in [5, 5.41) is 8.93. The number of carbonyl (C=O) groups is 1. The van der Waals surface area contributed by atoms with E-state index in [-0.39, 0.29) is 27.3 Å². The van der Waals surface area contributed by atoms with Crippen LogP contribution in [0.25, 0.3) is 0 Å². The maximum absolute atomic E-state index is 13.7. The van der Waals surface area contributed by atoms with E-state index in [1.165, 1.54) is 18.2 Å². The molecule has 0 bridgehead atoms. The Balaban J connectivity index is 2.30. The van der Waals surface area contributed by atoms with Gasteiger partial charge in [0.15, 0.2) is 5.16 Å². The first-order chi connectivity index (χ1) is 8.95. The van der Waals surface area contributed by atoms with E-state index < -0.39 is 11.8 Å². The molecule has 0 fully saturated rings. The SMILES string of the molecule is Nc1cc(N)nc(Sc2ccc(C(=O)O)cc2F)n1. The summed E-state index contributed by atoms with van der Waals surface area (Å²) in [7, 11) is 0. The number of aromatic nitrogens is 2. The van der Waals surface area contributed by atoms with Gasteiger partial charge in [0, 0.05) is 6.07 Å². The van der Waals surface area contributed by atoms with Crippen LogP contribution >= 0.6 is 11.8 Å². The Morgan fingerprint density at radius 3 is 2.37 bits per heavy atom. The molecule has 0 aliphatic rings. The molecular formula is C11H9FN4O2S. The van der Waals surface area contributed by atoms with Crippen LogP contribution in [0.2, 0.25) is 0 Å². The molecule has 0 atom stereocenters. The molecule has 0 saturated heterocycles. The first-order valence-electron chi connectivity index (χ1n) is 5.06. The van der Waals surface area contributed by atoms with Gasteiger partial charge < -0.3 is 16.6 Å². The van der Waals surface area contributed by atoms with Crippen molar-refractivity contribution in [2.75, 3.05) is 11.5 Å². The van der Waals surface area contributed by atoms with Crippen molar-refractivity contribution in [3.63, 3.8) is 0 Å². The van der Waals surface area contributed by atoms with Gasteiger partial charge in [0.2, 0.25) is 0 Å². The van der Waals surface area contributed by atoms with E-state index in [1.54, 1.807) is 0 Å². The van der Waals surface area contributed by atoms with Crippen molar-refractivity contribution in [3.05, 3.63) is 35.6 Å². The summed E-state index contributed by atoms with van der Waals surface area (Å²) in [6, 6.07) is 4.95. The number of nitrogen functional groups attached to an aromatic ring is 2. The molecule has 1 aromatic heterocycles. The minimum absolute atomic E-state index is 0.130. The fraction of sp³-hybridized carbons (Fsp3) is 0. The molecule has 0 amide bonds. The van der Waals surface area contributed by atoms with Gasteiger partial charge in [-0.3, -0.25) is 0 Å². The normalized spacial score (nSPS) is 10.4. The van der Waals surface area contributed by atoms with Crippen molar-refractivity contribution < 1.29 is 14.3 Å². The number of nitrogens with zero attached hydrogens (tertiary/aromatic N) is 2. The van der Waals surface area contributed by atoms with Gasteiger partial charge >= 0.3 is 5.97 Å².